The zero-order chi connectivity index (χ0) is 14.0. The van der Waals surface area contributed by atoms with E-state index in [4.69, 9.17) is 4.74 Å². The van der Waals surface area contributed by atoms with Gasteiger partial charge in [-0.25, -0.2) is 17.3 Å². The molecule has 104 valence electrons. The summed E-state index contributed by atoms with van der Waals surface area (Å²) in [5, 5.41) is 0. The summed E-state index contributed by atoms with van der Waals surface area (Å²) < 4.78 is 46.5. The van der Waals surface area contributed by atoms with Crippen LogP contribution >= 0.6 is 0 Å². The minimum atomic E-state index is -1.84. The Hall–Kier alpha value is -1.27. The number of benzene rings is 1. The van der Waals surface area contributed by atoms with Gasteiger partial charge in [-0.05, 0) is 13.8 Å². The van der Waals surface area contributed by atoms with Crippen molar-refractivity contribution in [1.29, 1.82) is 0 Å². The molecule has 0 spiro atoms. The second-order valence-electron chi connectivity index (χ2n) is 4.27. The molecule has 0 saturated heterocycles. The number of nitrogens with zero attached hydrogens (tertiary/aromatic N) is 1. The maximum atomic E-state index is 13.9. The fraction of sp³-hybridized carbons (Fsp3) is 0.385. The molecule has 0 radical (unpaired) electrons. The van der Waals surface area contributed by atoms with E-state index >= 15 is 0 Å². The number of halogens is 2. The molecular formula is C13H15F2NO2S. The summed E-state index contributed by atoms with van der Waals surface area (Å²) in [4.78, 5) is -0.411. The predicted octanol–water partition coefficient (Wildman–Crippen LogP) is 2.65. The first kappa shape index (κ1) is 14.1. The molecule has 1 unspecified atom stereocenters. The topological polar surface area (TPSA) is 29.5 Å². The van der Waals surface area contributed by atoms with Crippen molar-refractivity contribution in [3.05, 3.63) is 35.4 Å². The fourth-order valence-electron chi connectivity index (χ4n) is 1.87. The van der Waals surface area contributed by atoms with Crippen molar-refractivity contribution >= 4 is 11.0 Å². The number of hydrogen-bond acceptors (Lipinski definition) is 2. The van der Waals surface area contributed by atoms with Crippen molar-refractivity contribution in [1.82, 2.24) is 4.31 Å². The van der Waals surface area contributed by atoms with Gasteiger partial charge in [0.1, 0.15) is 33.3 Å². The Kier molecular flexibility index (Phi) is 4.31. The highest BCUT2D eigenvalue weighted by molar-refractivity contribution is 7.82. The molecule has 0 N–H and O–H groups in total. The molecule has 1 aromatic carbocycles. The molecule has 0 aromatic heterocycles. The third kappa shape index (κ3) is 3.01. The van der Waals surface area contributed by atoms with Crippen LogP contribution in [0.3, 0.4) is 0 Å². The van der Waals surface area contributed by atoms with E-state index in [1.54, 1.807) is 6.92 Å². The molecule has 0 saturated carbocycles. The summed E-state index contributed by atoms with van der Waals surface area (Å²) in [6, 6.07) is 2.13. The van der Waals surface area contributed by atoms with Gasteiger partial charge in [-0.15, -0.1) is 0 Å². The van der Waals surface area contributed by atoms with E-state index in [1.807, 2.05) is 13.0 Å². The van der Waals surface area contributed by atoms with E-state index in [0.29, 0.717) is 19.7 Å². The van der Waals surface area contributed by atoms with Gasteiger partial charge in [-0.3, -0.25) is 0 Å². The highest BCUT2D eigenvalue weighted by atomic mass is 32.2. The van der Waals surface area contributed by atoms with Crippen LogP contribution in [0.2, 0.25) is 0 Å². The summed E-state index contributed by atoms with van der Waals surface area (Å²) in [6.07, 6.45) is 1.89. The quantitative estimate of drug-likeness (QED) is 0.797. The van der Waals surface area contributed by atoms with E-state index in [9.17, 15) is 13.0 Å². The third-order valence-electron chi connectivity index (χ3n) is 2.76. The minimum absolute atomic E-state index is 0.106. The average molecular weight is 287 g/mol. The first-order valence-electron chi connectivity index (χ1n) is 5.97. The Bertz CT molecular complexity index is 522. The zero-order valence-corrected chi connectivity index (χ0v) is 11.6. The van der Waals surface area contributed by atoms with Crippen molar-refractivity contribution in [3.8, 4) is 5.75 Å². The van der Waals surface area contributed by atoms with Gasteiger partial charge in [0.25, 0.3) is 0 Å². The fourth-order valence-corrected chi connectivity index (χ4v) is 3.11. The number of ether oxygens (including phenoxy) is 1. The van der Waals surface area contributed by atoms with Crippen LogP contribution in [0.5, 0.6) is 5.75 Å². The molecule has 1 aromatic rings. The standard InChI is InChI=1S/C13H15F2NO2S/c1-3-18-10-6-11(14)13(12(15)7-10)19(17)16-5-4-9(2)8-16/h4,6-7H,3,5,8H2,1-2H3. The van der Waals surface area contributed by atoms with Crippen LogP contribution in [0.25, 0.3) is 0 Å². The van der Waals surface area contributed by atoms with Crippen molar-refractivity contribution in [2.24, 2.45) is 0 Å². The van der Waals surface area contributed by atoms with Crippen LogP contribution < -0.4 is 4.74 Å². The van der Waals surface area contributed by atoms with Crippen molar-refractivity contribution in [2.45, 2.75) is 18.7 Å². The molecule has 3 nitrogen and oxygen atoms in total. The molecule has 1 atom stereocenters. The maximum absolute atomic E-state index is 13.9. The Morgan fingerprint density at radius 1 is 1.37 bits per heavy atom. The second-order valence-corrected chi connectivity index (χ2v) is 5.69. The van der Waals surface area contributed by atoms with Crippen LogP contribution in [0, 0.1) is 11.6 Å². The molecule has 6 heteroatoms. The van der Waals surface area contributed by atoms with Crippen LogP contribution in [-0.4, -0.2) is 28.2 Å². The minimum Gasteiger partial charge on any atom is -0.494 e. The number of hydrogen-bond donors (Lipinski definition) is 0. The zero-order valence-electron chi connectivity index (χ0n) is 10.8. The Labute approximate surface area is 113 Å². The van der Waals surface area contributed by atoms with Crippen LogP contribution in [0.15, 0.2) is 28.7 Å². The van der Waals surface area contributed by atoms with Crippen molar-refractivity contribution in [3.63, 3.8) is 0 Å². The second kappa shape index (κ2) is 5.79. The lowest BCUT2D eigenvalue weighted by Gasteiger charge is -2.16. The molecule has 19 heavy (non-hydrogen) atoms. The molecule has 1 aliphatic rings. The number of rotatable bonds is 4. The van der Waals surface area contributed by atoms with Crippen molar-refractivity contribution < 1.29 is 17.7 Å². The first-order chi connectivity index (χ1) is 9.02. The summed E-state index contributed by atoms with van der Waals surface area (Å²) in [6.45, 7) is 4.82. The van der Waals surface area contributed by atoms with Crippen molar-refractivity contribution in [2.75, 3.05) is 19.7 Å². The van der Waals surface area contributed by atoms with Gasteiger partial charge < -0.3 is 4.74 Å². The Morgan fingerprint density at radius 3 is 2.47 bits per heavy atom. The molecule has 1 heterocycles. The highest BCUT2D eigenvalue weighted by Crippen LogP contribution is 2.26. The summed E-state index contributed by atoms with van der Waals surface area (Å²) in [5.74, 6) is -1.58. The smallest absolute Gasteiger partial charge is 0.147 e. The Balaban J connectivity index is 2.27. The van der Waals surface area contributed by atoms with E-state index in [-0.39, 0.29) is 5.75 Å². The molecule has 0 fully saturated rings. The van der Waals surface area contributed by atoms with E-state index in [2.05, 4.69) is 0 Å². The molecule has 1 aliphatic heterocycles. The summed E-state index contributed by atoms with van der Waals surface area (Å²) >= 11 is 0. The van der Waals surface area contributed by atoms with Gasteiger partial charge >= 0.3 is 0 Å². The van der Waals surface area contributed by atoms with E-state index in [1.165, 1.54) is 4.31 Å². The van der Waals surface area contributed by atoms with E-state index < -0.39 is 27.5 Å². The lowest BCUT2D eigenvalue weighted by atomic mass is 10.3. The molecule has 0 amide bonds. The van der Waals surface area contributed by atoms with Gasteiger partial charge in [0, 0.05) is 25.2 Å². The normalized spacial score (nSPS) is 17.4. The monoisotopic (exact) mass is 287 g/mol. The van der Waals surface area contributed by atoms with Gasteiger partial charge in [-0.2, -0.15) is 0 Å². The predicted molar refractivity (Wildman–Crippen MR) is 69.3 cm³/mol. The van der Waals surface area contributed by atoms with Crippen LogP contribution in [0.4, 0.5) is 8.78 Å². The third-order valence-corrected chi connectivity index (χ3v) is 4.25. The van der Waals surface area contributed by atoms with Gasteiger partial charge in [-0.1, -0.05) is 11.6 Å². The van der Waals surface area contributed by atoms with Gasteiger partial charge in [0.2, 0.25) is 0 Å². The van der Waals surface area contributed by atoms with Gasteiger partial charge in [0.05, 0.1) is 6.61 Å². The SMILES string of the molecule is CCOc1cc(F)c(S(=O)N2CC=C(C)C2)c(F)c1. The average Bonchev–Trinajstić information content (AvgIpc) is 2.75. The van der Waals surface area contributed by atoms with Crippen LogP contribution in [0.1, 0.15) is 13.8 Å². The highest BCUT2D eigenvalue weighted by Gasteiger charge is 2.25. The Morgan fingerprint density at radius 2 is 2.00 bits per heavy atom. The van der Waals surface area contributed by atoms with Gasteiger partial charge in [0.15, 0.2) is 0 Å². The first-order valence-corrected chi connectivity index (χ1v) is 7.08. The summed E-state index contributed by atoms with van der Waals surface area (Å²) in [5.41, 5.74) is 1.04. The maximum Gasteiger partial charge on any atom is 0.147 e. The van der Waals surface area contributed by atoms with E-state index in [0.717, 1.165) is 17.7 Å². The lowest BCUT2D eigenvalue weighted by molar-refractivity contribution is 0.334. The molecular weight excluding hydrogens is 272 g/mol. The largest absolute Gasteiger partial charge is 0.494 e. The van der Waals surface area contributed by atoms with Crippen LogP contribution in [-0.2, 0) is 11.0 Å². The molecule has 0 aliphatic carbocycles. The summed E-state index contributed by atoms with van der Waals surface area (Å²) in [7, 11) is -1.84. The lowest BCUT2D eigenvalue weighted by Crippen LogP contribution is -2.25. The molecule has 2 rings (SSSR count). The molecule has 0 bridgehead atoms.